The SMILES string of the molecule is CC(C)CNC(=O)C(=O)NCC(F)(F)F. The summed E-state index contributed by atoms with van der Waals surface area (Å²) in [7, 11) is 0. The third kappa shape index (κ3) is 7.77. The van der Waals surface area contributed by atoms with E-state index >= 15 is 0 Å². The monoisotopic (exact) mass is 226 g/mol. The van der Waals surface area contributed by atoms with Crippen LogP contribution in [0.5, 0.6) is 0 Å². The first-order chi connectivity index (χ1) is 6.72. The molecular formula is C8H13F3N2O2. The van der Waals surface area contributed by atoms with Gasteiger partial charge < -0.3 is 10.6 Å². The Morgan fingerprint density at radius 3 is 2.00 bits per heavy atom. The number of halogens is 3. The third-order valence-corrected chi connectivity index (χ3v) is 1.33. The first kappa shape index (κ1) is 13.7. The molecule has 0 atom stereocenters. The molecule has 0 aromatic rings. The van der Waals surface area contributed by atoms with Crippen molar-refractivity contribution in [3.63, 3.8) is 0 Å². The Kier molecular flexibility index (Phi) is 5.10. The van der Waals surface area contributed by atoms with Crippen LogP contribution in [0.4, 0.5) is 13.2 Å². The fourth-order valence-corrected chi connectivity index (χ4v) is 0.638. The molecule has 88 valence electrons. The highest BCUT2D eigenvalue weighted by molar-refractivity contribution is 6.35. The molecule has 0 radical (unpaired) electrons. The summed E-state index contributed by atoms with van der Waals surface area (Å²) in [5.41, 5.74) is 0. The molecule has 2 amide bonds. The zero-order valence-corrected chi connectivity index (χ0v) is 8.44. The molecule has 0 unspecified atom stereocenters. The van der Waals surface area contributed by atoms with E-state index < -0.39 is 24.5 Å². The van der Waals surface area contributed by atoms with Gasteiger partial charge in [-0.05, 0) is 5.92 Å². The van der Waals surface area contributed by atoms with Gasteiger partial charge in [-0.2, -0.15) is 13.2 Å². The summed E-state index contributed by atoms with van der Waals surface area (Å²) in [5.74, 6) is -2.19. The van der Waals surface area contributed by atoms with E-state index in [-0.39, 0.29) is 12.5 Å². The predicted octanol–water partition coefficient (Wildman–Crippen LogP) is 0.437. The fourth-order valence-electron chi connectivity index (χ4n) is 0.638. The molecule has 0 spiro atoms. The van der Waals surface area contributed by atoms with Crippen LogP contribution < -0.4 is 10.6 Å². The van der Waals surface area contributed by atoms with Crippen LogP contribution in [0, 0.1) is 5.92 Å². The number of nitrogens with one attached hydrogen (secondary N) is 2. The maximum Gasteiger partial charge on any atom is 0.405 e. The lowest BCUT2D eigenvalue weighted by atomic mass is 10.2. The average Bonchev–Trinajstić information content (AvgIpc) is 2.08. The topological polar surface area (TPSA) is 58.2 Å². The van der Waals surface area contributed by atoms with Crippen LogP contribution in [-0.4, -0.2) is 31.1 Å². The zero-order chi connectivity index (χ0) is 12.1. The zero-order valence-electron chi connectivity index (χ0n) is 8.44. The Labute approximate surface area is 85.2 Å². The number of carbonyl (C=O) groups is 2. The van der Waals surface area contributed by atoms with Crippen LogP contribution in [0.15, 0.2) is 0 Å². The summed E-state index contributed by atoms with van der Waals surface area (Å²) < 4.78 is 34.9. The second-order valence-electron chi connectivity index (χ2n) is 3.40. The molecule has 0 bridgehead atoms. The van der Waals surface area contributed by atoms with Crippen molar-refractivity contribution in [2.24, 2.45) is 5.92 Å². The summed E-state index contributed by atoms with van der Waals surface area (Å²) >= 11 is 0. The van der Waals surface area contributed by atoms with E-state index in [0.29, 0.717) is 0 Å². The molecule has 7 heteroatoms. The molecule has 2 N–H and O–H groups in total. The molecule has 0 fully saturated rings. The Hall–Kier alpha value is -1.27. The Morgan fingerprint density at radius 1 is 1.13 bits per heavy atom. The summed E-state index contributed by atoms with van der Waals surface area (Å²) in [6.45, 7) is 2.35. The summed E-state index contributed by atoms with van der Waals surface area (Å²) in [6.07, 6.45) is -4.51. The van der Waals surface area contributed by atoms with Crippen LogP contribution in [0.25, 0.3) is 0 Å². The molecule has 4 nitrogen and oxygen atoms in total. The van der Waals surface area contributed by atoms with E-state index in [1.807, 2.05) is 0 Å². The minimum atomic E-state index is -4.51. The second-order valence-corrected chi connectivity index (χ2v) is 3.40. The fraction of sp³-hybridized carbons (Fsp3) is 0.750. The summed E-state index contributed by atoms with van der Waals surface area (Å²) in [5, 5.41) is 3.67. The maximum absolute atomic E-state index is 11.6. The van der Waals surface area contributed by atoms with Crippen molar-refractivity contribution in [3.8, 4) is 0 Å². The lowest BCUT2D eigenvalue weighted by Gasteiger charge is -2.09. The van der Waals surface area contributed by atoms with Crippen molar-refractivity contribution in [1.82, 2.24) is 10.6 Å². The number of amides is 2. The van der Waals surface area contributed by atoms with Crippen molar-refractivity contribution >= 4 is 11.8 Å². The van der Waals surface area contributed by atoms with Crippen molar-refractivity contribution in [2.45, 2.75) is 20.0 Å². The first-order valence-electron chi connectivity index (χ1n) is 4.35. The maximum atomic E-state index is 11.6. The van der Waals surface area contributed by atoms with Gasteiger partial charge in [-0.1, -0.05) is 13.8 Å². The van der Waals surface area contributed by atoms with Gasteiger partial charge in [0.1, 0.15) is 6.54 Å². The van der Waals surface area contributed by atoms with Gasteiger partial charge in [-0.3, -0.25) is 9.59 Å². The van der Waals surface area contributed by atoms with Gasteiger partial charge in [0.15, 0.2) is 0 Å². The summed E-state index contributed by atoms with van der Waals surface area (Å²) in [6, 6.07) is 0. The van der Waals surface area contributed by atoms with Crippen molar-refractivity contribution < 1.29 is 22.8 Å². The largest absolute Gasteiger partial charge is 0.405 e. The standard InChI is InChI=1S/C8H13F3N2O2/c1-5(2)3-12-6(14)7(15)13-4-8(9,10)11/h5H,3-4H2,1-2H3,(H,12,14)(H,13,15). The minimum absolute atomic E-state index is 0.129. The quantitative estimate of drug-likeness (QED) is 0.686. The first-order valence-corrected chi connectivity index (χ1v) is 4.35. The third-order valence-electron chi connectivity index (χ3n) is 1.33. The number of hydrogen-bond acceptors (Lipinski definition) is 2. The molecule has 15 heavy (non-hydrogen) atoms. The predicted molar refractivity (Wildman–Crippen MR) is 46.9 cm³/mol. The molecule has 0 aromatic carbocycles. The van der Waals surface area contributed by atoms with Crippen LogP contribution in [0.3, 0.4) is 0 Å². The van der Waals surface area contributed by atoms with Crippen LogP contribution in [0.1, 0.15) is 13.8 Å². The van der Waals surface area contributed by atoms with E-state index in [2.05, 4.69) is 5.32 Å². The highest BCUT2D eigenvalue weighted by Gasteiger charge is 2.28. The van der Waals surface area contributed by atoms with Gasteiger partial charge in [0, 0.05) is 6.54 Å². The van der Waals surface area contributed by atoms with Gasteiger partial charge in [0.25, 0.3) is 0 Å². The highest BCUT2D eigenvalue weighted by atomic mass is 19.4. The number of carbonyl (C=O) groups excluding carboxylic acids is 2. The molecule has 0 aliphatic heterocycles. The van der Waals surface area contributed by atoms with Crippen molar-refractivity contribution in [3.05, 3.63) is 0 Å². The number of rotatable bonds is 3. The lowest BCUT2D eigenvalue weighted by molar-refractivity contribution is -0.146. The second kappa shape index (κ2) is 5.57. The van der Waals surface area contributed by atoms with E-state index in [0.717, 1.165) is 0 Å². The average molecular weight is 226 g/mol. The van der Waals surface area contributed by atoms with Gasteiger partial charge in [0.05, 0.1) is 0 Å². The number of alkyl halides is 3. The Morgan fingerprint density at radius 2 is 1.60 bits per heavy atom. The van der Waals surface area contributed by atoms with Gasteiger partial charge in [-0.25, -0.2) is 0 Å². The Balaban J connectivity index is 3.85. The normalized spacial score (nSPS) is 11.3. The highest BCUT2D eigenvalue weighted by Crippen LogP contribution is 2.11. The molecule has 0 saturated heterocycles. The molecule has 0 saturated carbocycles. The van der Waals surface area contributed by atoms with E-state index in [1.54, 1.807) is 13.8 Å². The molecule has 0 aliphatic carbocycles. The van der Waals surface area contributed by atoms with Crippen molar-refractivity contribution in [1.29, 1.82) is 0 Å². The lowest BCUT2D eigenvalue weighted by Crippen LogP contribution is -2.44. The molecule has 0 heterocycles. The van der Waals surface area contributed by atoms with E-state index in [9.17, 15) is 22.8 Å². The van der Waals surface area contributed by atoms with E-state index in [4.69, 9.17) is 0 Å². The number of hydrogen-bond donors (Lipinski definition) is 2. The van der Waals surface area contributed by atoms with Gasteiger partial charge >= 0.3 is 18.0 Å². The minimum Gasteiger partial charge on any atom is -0.348 e. The van der Waals surface area contributed by atoms with Gasteiger partial charge in [0.2, 0.25) is 0 Å². The van der Waals surface area contributed by atoms with E-state index in [1.165, 1.54) is 5.32 Å². The van der Waals surface area contributed by atoms with Crippen LogP contribution >= 0.6 is 0 Å². The summed E-state index contributed by atoms with van der Waals surface area (Å²) in [4.78, 5) is 21.7. The molecule has 0 aromatic heterocycles. The molecule has 0 rings (SSSR count). The molecular weight excluding hydrogens is 213 g/mol. The van der Waals surface area contributed by atoms with Gasteiger partial charge in [-0.15, -0.1) is 0 Å². The van der Waals surface area contributed by atoms with Crippen LogP contribution in [-0.2, 0) is 9.59 Å². The smallest absolute Gasteiger partial charge is 0.348 e. The molecule has 0 aliphatic rings. The van der Waals surface area contributed by atoms with Crippen molar-refractivity contribution in [2.75, 3.05) is 13.1 Å². The van der Waals surface area contributed by atoms with Crippen LogP contribution in [0.2, 0.25) is 0 Å². The Bertz CT molecular complexity index is 239.